The summed E-state index contributed by atoms with van der Waals surface area (Å²) in [5.74, 6) is -2.84. The van der Waals surface area contributed by atoms with Gasteiger partial charge in [0.25, 0.3) is 0 Å². The number of epoxide rings is 1. The molecular formula is C30H46N4O7. The molecule has 0 bridgehead atoms. The predicted octanol–water partition coefficient (Wildman–Crippen LogP) is 1.02. The molecule has 0 saturated carbocycles. The van der Waals surface area contributed by atoms with Crippen molar-refractivity contribution in [3.63, 3.8) is 0 Å². The monoisotopic (exact) mass is 574 g/mol. The maximum Gasteiger partial charge on any atom is 0.245 e. The first kappa shape index (κ1) is 33.9. The fourth-order valence-corrected chi connectivity index (χ4v) is 4.46. The lowest BCUT2D eigenvalue weighted by atomic mass is 9.92. The number of nitrogens with one attached hydrogen (secondary N) is 4. The zero-order valence-electron chi connectivity index (χ0n) is 25.2. The Hall–Kier alpha value is -3.31. The van der Waals surface area contributed by atoms with Gasteiger partial charge in [-0.25, -0.2) is 0 Å². The van der Waals surface area contributed by atoms with Crippen molar-refractivity contribution in [3.05, 3.63) is 35.9 Å². The molecular weight excluding hydrogens is 528 g/mol. The summed E-state index contributed by atoms with van der Waals surface area (Å²) in [7, 11) is 0. The number of benzene rings is 1. The summed E-state index contributed by atoms with van der Waals surface area (Å²) in [4.78, 5) is 64.6. The molecule has 1 fully saturated rings. The molecule has 0 aliphatic carbocycles. The van der Waals surface area contributed by atoms with Crippen LogP contribution in [0.15, 0.2) is 30.3 Å². The lowest BCUT2D eigenvalue weighted by molar-refractivity contribution is -0.137. The van der Waals surface area contributed by atoms with Gasteiger partial charge in [0.05, 0.1) is 18.8 Å². The van der Waals surface area contributed by atoms with Gasteiger partial charge in [0.1, 0.15) is 23.7 Å². The van der Waals surface area contributed by atoms with E-state index in [0.717, 1.165) is 5.56 Å². The molecule has 11 nitrogen and oxygen atoms in total. The molecule has 1 heterocycles. The van der Waals surface area contributed by atoms with Crippen molar-refractivity contribution in [3.8, 4) is 0 Å². The normalized spacial score (nSPS) is 19.9. The van der Waals surface area contributed by atoms with E-state index in [1.54, 1.807) is 20.8 Å². The van der Waals surface area contributed by atoms with Crippen molar-refractivity contribution in [1.29, 1.82) is 0 Å². The lowest BCUT2D eigenvalue weighted by Gasteiger charge is -2.29. The Kier molecular flexibility index (Phi) is 12.5. The van der Waals surface area contributed by atoms with Crippen LogP contribution in [0.2, 0.25) is 0 Å². The fraction of sp³-hybridized carbons (Fsp3) is 0.633. The first-order chi connectivity index (χ1) is 19.1. The quantitative estimate of drug-likeness (QED) is 0.184. The Bertz CT molecular complexity index is 1070. The van der Waals surface area contributed by atoms with Gasteiger partial charge in [-0.3, -0.25) is 24.0 Å². The second kappa shape index (κ2) is 15.1. The average molecular weight is 575 g/mol. The number of carbonyl (C=O) groups excluding carboxylic acids is 5. The highest BCUT2D eigenvalue weighted by Crippen LogP contribution is 2.29. The van der Waals surface area contributed by atoms with Crippen LogP contribution in [0.25, 0.3) is 0 Å². The molecule has 4 amide bonds. The van der Waals surface area contributed by atoms with E-state index in [1.165, 1.54) is 13.8 Å². The van der Waals surface area contributed by atoms with Gasteiger partial charge in [-0.05, 0) is 50.5 Å². The van der Waals surface area contributed by atoms with E-state index in [-0.39, 0.29) is 36.6 Å². The Morgan fingerprint density at radius 1 is 0.854 bits per heavy atom. The summed E-state index contributed by atoms with van der Waals surface area (Å²) >= 11 is 0. The number of hydrogen-bond donors (Lipinski definition) is 5. The molecule has 1 aliphatic heterocycles. The van der Waals surface area contributed by atoms with Crippen molar-refractivity contribution in [2.45, 2.75) is 104 Å². The fourth-order valence-electron chi connectivity index (χ4n) is 4.46. The third-order valence-corrected chi connectivity index (χ3v) is 7.01. The maximum absolute atomic E-state index is 13.4. The standard InChI is InChI=1S/C30H46N4O7/c1-17(2)15-23(32-27(38)22(31-20(6)36)14-13-21-11-9-8-10-12-21)28(39)34-25(19(5)35)29(40)33-24(18(3)4)26(37)30(7)16-41-30/h8-12,17-19,22-25,35H,13-16H2,1-7H3,(H,31,36)(H,32,38)(H,33,40)(H,34,39)/t19-,22+,23+,24?,25+,30-/m1/s1. The number of aryl methyl sites for hydroxylation is 1. The summed E-state index contributed by atoms with van der Waals surface area (Å²) in [5, 5.41) is 21.0. The molecule has 1 unspecified atom stereocenters. The highest BCUT2D eigenvalue weighted by atomic mass is 16.6. The van der Waals surface area contributed by atoms with Crippen LogP contribution in [-0.4, -0.2) is 77.0 Å². The Morgan fingerprint density at radius 3 is 1.90 bits per heavy atom. The molecule has 6 atom stereocenters. The van der Waals surface area contributed by atoms with Crippen molar-refractivity contribution in [1.82, 2.24) is 21.3 Å². The molecule has 2 rings (SSSR count). The van der Waals surface area contributed by atoms with E-state index >= 15 is 0 Å². The van der Waals surface area contributed by atoms with Crippen LogP contribution < -0.4 is 21.3 Å². The number of aliphatic hydroxyl groups excluding tert-OH is 1. The number of rotatable bonds is 16. The van der Waals surface area contributed by atoms with Crippen molar-refractivity contribution in [2.24, 2.45) is 11.8 Å². The van der Waals surface area contributed by atoms with Crippen molar-refractivity contribution in [2.75, 3.05) is 6.61 Å². The number of ketones is 1. The van der Waals surface area contributed by atoms with E-state index < -0.39 is 53.6 Å². The van der Waals surface area contributed by atoms with E-state index in [1.807, 2.05) is 44.2 Å². The molecule has 1 aromatic rings. The Balaban J connectivity index is 2.15. The first-order valence-corrected chi connectivity index (χ1v) is 14.2. The average Bonchev–Trinajstić information content (AvgIpc) is 3.65. The van der Waals surface area contributed by atoms with Crippen molar-refractivity contribution < 1.29 is 33.8 Å². The van der Waals surface area contributed by atoms with E-state index in [0.29, 0.717) is 12.8 Å². The van der Waals surface area contributed by atoms with Crippen LogP contribution in [-0.2, 0) is 35.1 Å². The zero-order valence-corrected chi connectivity index (χ0v) is 25.2. The molecule has 5 N–H and O–H groups in total. The molecule has 1 aliphatic rings. The van der Waals surface area contributed by atoms with Gasteiger partial charge in [-0.1, -0.05) is 58.0 Å². The Labute approximate surface area is 242 Å². The molecule has 0 radical (unpaired) electrons. The van der Waals surface area contributed by atoms with Crippen LogP contribution in [0.3, 0.4) is 0 Å². The SMILES string of the molecule is CC(=O)N[C@@H](CCc1ccccc1)C(=O)N[C@@H](CC(C)C)C(=O)N[C@H](C(=O)NC(C(=O)[C@@]1(C)CO1)C(C)C)[C@@H](C)O. The van der Waals surface area contributed by atoms with Crippen LogP contribution in [0, 0.1) is 11.8 Å². The second-order valence-electron chi connectivity index (χ2n) is 11.8. The van der Waals surface area contributed by atoms with Crippen LogP contribution in [0.1, 0.15) is 66.9 Å². The topological polar surface area (TPSA) is 166 Å². The zero-order chi connectivity index (χ0) is 30.9. The summed E-state index contributed by atoms with van der Waals surface area (Å²) in [5.41, 5.74) is 0.0435. The third-order valence-electron chi connectivity index (χ3n) is 7.01. The predicted molar refractivity (Wildman–Crippen MR) is 153 cm³/mol. The van der Waals surface area contributed by atoms with Crippen LogP contribution in [0.5, 0.6) is 0 Å². The molecule has 0 aromatic heterocycles. The van der Waals surface area contributed by atoms with Gasteiger partial charge < -0.3 is 31.1 Å². The minimum atomic E-state index is -1.37. The Morgan fingerprint density at radius 2 is 1.41 bits per heavy atom. The number of Topliss-reactive ketones (excluding diaryl/α,β-unsaturated/α-hetero) is 1. The second-order valence-corrected chi connectivity index (χ2v) is 11.8. The van der Waals surface area contributed by atoms with E-state index in [2.05, 4.69) is 21.3 Å². The summed E-state index contributed by atoms with van der Waals surface area (Å²) < 4.78 is 5.25. The van der Waals surface area contributed by atoms with Gasteiger partial charge in [0, 0.05) is 6.92 Å². The minimum absolute atomic E-state index is 0.00404. The summed E-state index contributed by atoms with van der Waals surface area (Å²) in [6.45, 7) is 11.9. The first-order valence-electron chi connectivity index (χ1n) is 14.2. The van der Waals surface area contributed by atoms with Gasteiger partial charge in [0.2, 0.25) is 23.6 Å². The van der Waals surface area contributed by atoms with Gasteiger partial charge in [-0.2, -0.15) is 0 Å². The number of hydrogen-bond acceptors (Lipinski definition) is 7. The van der Waals surface area contributed by atoms with E-state index in [9.17, 15) is 29.1 Å². The summed E-state index contributed by atoms with van der Waals surface area (Å²) in [6, 6.07) is 5.35. The molecule has 41 heavy (non-hydrogen) atoms. The molecule has 11 heteroatoms. The number of aliphatic hydroxyl groups is 1. The maximum atomic E-state index is 13.4. The molecule has 1 saturated heterocycles. The molecule has 0 spiro atoms. The van der Waals surface area contributed by atoms with Crippen LogP contribution >= 0.6 is 0 Å². The number of carbonyl (C=O) groups is 5. The lowest BCUT2D eigenvalue weighted by Crippen LogP contribution is -2.61. The largest absolute Gasteiger partial charge is 0.391 e. The highest BCUT2D eigenvalue weighted by Gasteiger charge is 2.51. The number of ether oxygens (including phenoxy) is 1. The minimum Gasteiger partial charge on any atom is -0.391 e. The summed E-state index contributed by atoms with van der Waals surface area (Å²) in [6.07, 6.45) is -0.190. The van der Waals surface area contributed by atoms with Gasteiger partial charge in [0.15, 0.2) is 5.78 Å². The third kappa shape index (κ3) is 10.6. The highest BCUT2D eigenvalue weighted by molar-refractivity contribution is 5.99. The molecule has 228 valence electrons. The van der Waals surface area contributed by atoms with Crippen LogP contribution in [0.4, 0.5) is 0 Å². The van der Waals surface area contributed by atoms with Gasteiger partial charge >= 0.3 is 0 Å². The number of amides is 4. The van der Waals surface area contributed by atoms with E-state index in [4.69, 9.17) is 4.74 Å². The molecule has 1 aromatic carbocycles. The smallest absolute Gasteiger partial charge is 0.245 e. The van der Waals surface area contributed by atoms with Gasteiger partial charge in [-0.15, -0.1) is 0 Å². The van der Waals surface area contributed by atoms with Crippen molar-refractivity contribution >= 4 is 29.4 Å².